The van der Waals surface area contributed by atoms with Gasteiger partial charge in [-0.1, -0.05) is 19.1 Å². The van der Waals surface area contributed by atoms with E-state index >= 15 is 0 Å². The first-order valence-electron chi connectivity index (χ1n) is 9.43. The van der Waals surface area contributed by atoms with E-state index in [1.807, 2.05) is 24.3 Å². The Labute approximate surface area is 161 Å². The summed E-state index contributed by atoms with van der Waals surface area (Å²) < 4.78 is 10.5. The zero-order chi connectivity index (χ0) is 19.2. The largest absolute Gasteiger partial charge is 0.493 e. The van der Waals surface area contributed by atoms with Crippen LogP contribution in [0.1, 0.15) is 35.7 Å². The van der Waals surface area contributed by atoms with Crippen molar-refractivity contribution in [1.82, 2.24) is 4.90 Å². The number of anilines is 1. The van der Waals surface area contributed by atoms with Crippen LogP contribution in [0.3, 0.4) is 0 Å². The number of benzene rings is 2. The number of methoxy groups -OCH3 is 2. The van der Waals surface area contributed by atoms with E-state index in [2.05, 4.69) is 17.1 Å². The Balaban J connectivity index is 1.60. The summed E-state index contributed by atoms with van der Waals surface area (Å²) in [6.45, 7) is 5.58. The Morgan fingerprint density at radius 1 is 1.04 bits per heavy atom. The number of rotatable bonds is 6. The summed E-state index contributed by atoms with van der Waals surface area (Å²) in [7, 11) is 3.16. The average Bonchev–Trinajstić information content (AvgIpc) is 2.70. The number of piperidine rings is 1. The molecular weight excluding hydrogens is 340 g/mol. The third-order valence-electron chi connectivity index (χ3n) is 5.14. The molecule has 0 saturated carbocycles. The van der Waals surface area contributed by atoms with Gasteiger partial charge in [0.2, 0.25) is 0 Å². The van der Waals surface area contributed by atoms with Crippen LogP contribution in [0.25, 0.3) is 0 Å². The van der Waals surface area contributed by atoms with Crippen molar-refractivity contribution in [3.8, 4) is 11.5 Å². The topological polar surface area (TPSA) is 50.8 Å². The van der Waals surface area contributed by atoms with Gasteiger partial charge >= 0.3 is 0 Å². The lowest BCUT2D eigenvalue weighted by atomic mass is 9.99. The Kier molecular flexibility index (Phi) is 6.35. The molecule has 5 heteroatoms. The number of carbonyl (C=O) groups is 1. The van der Waals surface area contributed by atoms with E-state index in [0.29, 0.717) is 22.7 Å². The van der Waals surface area contributed by atoms with Crippen LogP contribution in [-0.2, 0) is 6.54 Å². The molecule has 27 heavy (non-hydrogen) atoms. The van der Waals surface area contributed by atoms with Crippen molar-refractivity contribution >= 4 is 11.6 Å². The molecule has 0 aliphatic carbocycles. The minimum absolute atomic E-state index is 0.138. The van der Waals surface area contributed by atoms with Gasteiger partial charge in [0, 0.05) is 23.9 Å². The van der Waals surface area contributed by atoms with Crippen LogP contribution >= 0.6 is 0 Å². The molecule has 0 atom stereocenters. The van der Waals surface area contributed by atoms with Gasteiger partial charge in [0.1, 0.15) is 0 Å². The molecule has 0 spiro atoms. The summed E-state index contributed by atoms with van der Waals surface area (Å²) in [5.41, 5.74) is 2.55. The van der Waals surface area contributed by atoms with Gasteiger partial charge in [0.15, 0.2) is 11.5 Å². The van der Waals surface area contributed by atoms with Crippen LogP contribution in [0.5, 0.6) is 11.5 Å². The molecule has 0 aromatic heterocycles. The highest BCUT2D eigenvalue weighted by Gasteiger charge is 2.16. The number of nitrogens with one attached hydrogen (secondary N) is 1. The Hall–Kier alpha value is -2.53. The summed E-state index contributed by atoms with van der Waals surface area (Å²) >= 11 is 0. The van der Waals surface area contributed by atoms with Crippen LogP contribution in [-0.4, -0.2) is 38.1 Å². The molecule has 1 N–H and O–H groups in total. The van der Waals surface area contributed by atoms with Gasteiger partial charge in [-0.15, -0.1) is 0 Å². The predicted octanol–water partition coefficient (Wildman–Crippen LogP) is 4.19. The monoisotopic (exact) mass is 368 g/mol. The fraction of sp³-hybridized carbons (Fsp3) is 0.409. The van der Waals surface area contributed by atoms with E-state index in [1.54, 1.807) is 32.4 Å². The van der Waals surface area contributed by atoms with Crippen molar-refractivity contribution in [2.75, 3.05) is 32.6 Å². The highest BCUT2D eigenvalue weighted by Crippen LogP contribution is 2.30. The smallest absolute Gasteiger partial charge is 0.255 e. The number of ether oxygens (including phenoxy) is 2. The fourth-order valence-corrected chi connectivity index (χ4v) is 3.36. The van der Waals surface area contributed by atoms with Crippen LogP contribution in [0.4, 0.5) is 5.69 Å². The Bertz CT molecular complexity index is 766. The second-order valence-electron chi connectivity index (χ2n) is 7.18. The number of hydrogen-bond acceptors (Lipinski definition) is 4. The van der Waals surface area contributed by atoms with Crippen molar-refractivity contribution in [3.05, 3.63) is 53.6 Å². The van der Waals surface area contributed by atoms with Gasteiger partial charge in [-0.25, -0.2) is 0 Å². The van der Waals surface area contributed by atoms with Gasteiger partial charge in [-0.2, -0.15) is 0 Å². The first-order valence-corrected chi connectivity index (χ1v) is 9.43. The third-order valence-corrected chi connectivity index (χ3v) is 5.14. The Morgan fingerprint density at radius 3 is 2.33 bits per heavy atom. The molecule has 1 aliphatic heterocycles. The van der Waals surface area contributed by atoms with E-state index in [1.165, 1.54) is 18.4 Å². The first-order chi connectivity index (χ1) is 13.1. The molecule has 2 aromatic rings. The molecule has 1 fully saturated rings. The lowest BCUT2D eigenvalue weighted by Gasteiger charge is -2.30. The molecule has 1 saturated heterocycles. The second-order valence-corrected chi connectivity index (χ2v) is 7.18. The molecule has 144 valence electrons. The molecule has 1 aliphatic rings. The van der Waals surface area contributed by atoms with Crippen molar-refractivity contribution in [2.24, 2.45) is 5.92 Å². The van der Waals surface area contributed by atoms with Crippen LogP contribution in [0.15, 0.2) is 42.5 Å². The fourth-order valence-electron chi connectivity index (χ4n) is 3.36. The van der Waals surface area contributed by atoms with Crippen LogP contribution in [0, 0.1) is 5.92 Å². The molecule has 0 unspecified atom stereocenters. The molecule has 0 bridgehead atoms. The quantitative estimate of drug-likeness (QED) is 0.831. The highest BCUT2D eigenvalue weighted by molar-refractivity contribution is 6.04. The van der Waals surface area contributed by atoms with Gasteiger partial charge in [-0.05, 0) is 61.7 Å². The Morgan fingerprint density at radius 2 is 1.70 bits per heavy atom. The maximum atomic E-state index is 12.5. The van der Waals surface area contributed by atoms with Crippen molar-refractivity contribution in [1.29, 1.82) is 0 Å². The lowest BCUT2D eigenvalue weighted by molar-refractivity contribution is 0.102. The number of hydrogen-bond donors (Lipinski definition) is 1. The van der Waals surface area contributed by atoms with Gasteiger partial charge in [-0.3, -0.25) is 9.69 Å². The van der Waals surface area contributed by atoms with Crippen LogP contribution in [0.2, 0.25) is 0 Å². The molecule has 2 aromatic carbocycles. The summed E-state index contributed by atoms with van der Waals surface area (Å²) in [6.07, 6.45) is 2.54. The minimum atomic E-state index is -0.138. The standard InChI is InChI=1S/C22H28N2O3/c1-16-10-12-24(13-11-16)15-17-4-6-18(7-5-17)22(25)23-19-8-9-20(26-2)21(14-19)27-3/h4-9,14,16H,10-13,15H2,1-3H3,(H,23,25). The van der Waals surface area contributed by atoms with Gasteiger partial charge in [0.25, 0.3) is 5.91 Å². The summed E-state index contributed by atoms with van der Waals surface area (Å²) in [5.74, 6) is 1.91. The van der Waals surface area contributed by atoms with Gasteiger partial charge in [0.05, 0.1) is 14.2 Å². The predicted molar refractivity (Wildman–Crippen MR) is 108 cm³/mol. The first kappa shape index (κ1) is 19.2. The summed E-state index contributed by atoms with van der Waals surface area (Å²) in [6, 6.07) is 13.2. The van der Waals surface area contributed by atoms with Gasteiger partial charge < -0.3 is 14.8 Å². The molecule has 5 nitrogen and oxygen atoms in total. The zero-order valence-corrected chi connectivity index (χ0v) is 16.3. The normalized spacial score (nSPS) is 15.4. The molecular formula is C22H28N2O3. The molecule has 1 heterocycles. The molecule has 1 amide bonds. The molecule has 0 radical (unpaired) electrons. The minimum Gasteiger partial charge on any atom is -0.493 e. The second kappa shape index (κ2) is 8.91. The number of amides is 1. The third kappa shape index (κ3) is 5.01. The van der Waals surface area contributed by atoms with E-state index in [-0.39, 0.29) is 5.91 Å². The number of nitrogens with zero attached hydrogens (tertiary/aromatic N) is 1. The van der Waals surface area contributed by atoms with Crippen molar-refractivity contribution in [2.45, 2.75) is 26.3 Å². The SMILES string of the molecule is COc1ccc(NC(=O)c2ccc(CN3CCC(C)CC3)cc2)cc1OC. The van der Waals surface area contributed by atoms with E-state index in [0.717, 1.165) is 25.6 Å². The van der Waals surface area contributed by atoms with E-state index in [4.69, 9.17) is 9.47 Å². The van der Waals surface area contributed by atoms with E-state index < -0.39 is 0 Å². The average molecular weight is 368 g/mol. The van der Waals surface area contributed by atoms with Crippen molar-refractivity contribution < 1.29 is 14.3 Å². The summed E-state index contributed by atoms with van der Waals surface area (Å²) in [4.78, 5) is 15.0. The van der Waals surface area contributed by atoms with Crippen molar-refractivity contribution in [3.63, 3.8) is 0 Å². The van der Waals surface area contributed by atoms with Crippen LogP contribution < -0.4 is 14.8 Å². The number of carbonyl (C=O) groups excluding carboxylic acids is 1. The maximum Gasteiger partial charge on any atom is 0.255 e. The lowest BCUT2D eigenvalue weighted by Crippen LogP contribution is -2.32. The molecule has 3 rings (SSSR count). The summed E-state index contributed by atoms with van der Waals surface area (Å²) in [5, 5.41) is 2.91. The zero-order valence-electron chi connectivity index (χ0n) is 16.3. The number of likely N-dealkylation sites (tertiary alicyclic amines) is 1. The highest BCUT2D eigenvalue weighted by atomic mass is 16.5. The van der Waals surface area contributed by atoms with E-state index in [9.17, 15) is 4.79 Å². The maximum absolute atomic E-state index is 12.5.